The molecule has 2 heterocycles. The van der Waals surface area contributed by atoms with Crippen molar-refractivity contribution in [3.05, 3.63) is 89.5 Å². The van der Waals surface area contributed by atoms with E-state index in [0.29, 0.717) is 23.4 Å². The summed E-state index contributed by atoms with van der Waals surface area (Å²) in [6.45, 7) is 4.42. The van der Waals surface area contributed by atoms with Crippen LogP contribution in [0.4, 0.5) is 4.39 Å². The Hall–Kier alpha value is -3.19. The van der Waals surface area contributed by atoms with Crippen molar-refractivity contribution in [2.24, 2.45) is 0 Å². The number of nitrogens with zero attached hydrogens (tertiary/aromatic N) is 3. The van der Waals surface area contributed by atoms with Gasteiger partial charge in [0, 0.05) is 29.1 Å². The van der Waals surface area contributed by atoms with Gasteiger partial charge in [-0.1, -0.05) is 49.0 Å². The molecular weight excluding hydrogens is 423 g/mol. The number of rotatable bonds is 8. The summed E-state index contributed by atoms with van der Waals surface area (Å²) in [5.41, 5.74) is 4.04. The Balaban J connectivity index is 1.52. The van der Waals surface area contributed by atoms with E-state index < -0.39 is 0 Å². The van der Waals surface area contributed by atoms with E-state index in [0.717, 1.165) is 28.2 Å². The van der Waals surface area contributed by atoms with Gasteiger partial charge in [0.15, 0.2) is 5.16 Å². The number of imidazole rings is 1. The van der Waals surface area contributed by atoms with E-state index in [2.05, 4.69) is 10.3 Å². The third kappa shape index (κ3) is 4.99. The summed E-state index contributed by atoms with van der Waals surface area (Å²) in [4.78, 5) is 21.2. The van der Waals surface area contributed by atoms with Gasteiger partial charge in [-0.05, 0) is 43.2 Å². The number of benzene rings is 2. The second kappa shape index (κ2) is 9.96. The molecule has 0 saturated heterocycles. The predicted molar refractivity (Wildman–Crippen MR) is 126 cm³/mol. The molecule has 0 aliphatic rings. The largest absolute Gasteiger partial charge is 0.350 e. The first-order valence-corrected chi connectivity index (χ1v) is 11.6. The van der Waals surface area contributed by atoms with Crippen LogP contribution in [-0.2, 0) is 12.3 Å². The van der Waals surface area contributed by atoms with Crippen molar-refractivity contribution in [1.29, 1.82) is 0 Å². The van der Waals surface area contributed by atoms with Gasteiger partial charge in [-0.15, -0.1) is 0 Å². The van der Waals surface area contributed by atoms with Gasteiger partial charge in [0.1, 0.15) is 5.82 Å². The quantitative estimate of drug-likeness (QED) is 0.365. The number of nitrogens with one attached hydrogen (secondary N) is 1. The van der Waals surface area contributed by atoms with Gasteiger partial charge in [-0.3, -0.25) is 9.78 Å². The molecule has 1 atom stereocenters. The molecule has 0 fully saturated rings. The van der Waals surface area contributed by atoms with Crippen LogP contribution >= 0.6 is 11.8 Å². The molecule has 0 aliphatic carbocycles. The van der Waals surface area contributed by atoms with Crippen LogP contribution < -0.4 is 5.32 Å². The Kier molecular flexibility index (Phi) is 6.85. The van der Waals surface area contributed by atoms with Crippen LogP contribution in [0.3, 0.4) is 0 Å². The minimum atomic E-state index is -0.236. The molecule has 4 aromatic rings. The second-order valence-corrected chi connectivity index (χ2v) is 8.65. The number of amides is 1. The maximum Gasteiger partial charge on any atom is 0.251 e. The highest BCUT2D eigenvalue weighted by atomic mass is 32.2. The van der Waals surface area contributed by atoms with Gasteiger partial charge in [-0.25, -0.2) is 9.37 Å². The van der Waals surface area contributed by atoms with E-state index in [-0.39, 0.29) is 17.8 Å². The van der Waals surface area contributed by atoms with Gasteiger partial charge < -0.3 is 9.88 Å². The zero-order valence-electron chi connectivity index (χ0n) is 18.1. The van der Waals surface area contributed by atoms with Gasteiger partial charge >= 0.3 is 0 Å². The van der Waals surface area contributed by atoms with Crippen molar-refractivity contribution in [1.82, 2.24) is 19.9 Å². The van der Waals surface area contributed by atoms with Gasteiger partial charge in [0.05, 0.1) is 23.8 Å². The van der Waals surface area contributed by atoms with E-state index in [1.54, 1.807) is 36.3 Å². The van der Waals surface area contributed by atoms with Crippen LogP contribution in [-0.4, -0.2) is 26.5 Å². The Bertz CT molecular complexity index is 1220. The highest BCUT2D eigenvalue weighted by Crippen LogP contribution is 2.28. The average molecular weight is 449 g/mol. The highest BCUT2D eigenvalue weighted by molar-refractivity contribution is 7.98. The molecule has 32 heavy (non-hydrogen) atoms. The van der Waals surface area contributed by atoms with Crippen LogP contribution in [0.2, 0.25) is 0 Å². The minimum absolute atomic E-state index is 0.0577. The van der Waals surface area contributed by atoms with E-state index in [9.17, 15) is 9.18 Å². The maximum absolute atomic E-state index is 14.3. The Morgan fingerprint density at radius 1 is 1.16 bits per heavy atom. The van der Waals surface area contributed by atoms with Crippen LogP contribution in [0, 0.1) is 5.82 Å². The lowest BCUT2D eigenvalue weighted by molar-refractivity contribution is 0.0939. The van der Waals surface area contributed by atoms with Crippen molar-refractivity contribution in [3.63, 3.8) is 0 Å². The Morgan fingerprint density at radius 3 is 2.69 bits per heavy atom. The number of hydrogen-bond donors (Lipinski definition) is 1. The molecule has 2 aromatic carbocycles. The summed E-state index contributed by atoms with van der Waals surface area (Å²) in [5.74, 6) is 0.388. The fraction of sp³-hybridized carbons (Fsp3) is 0.240. The third-order valence-corrected chi connectivity index (χ3v) is 6.42. The number of hydrogen-bond acceptors (Lipinski definition) is 4. The average Bonchev–Trinajstić information content (AvgIpc) is 3.16. The van der Waals surface area contributed by atoms with Gasteiger partial charge in [0.25, 0.3) is 5.91 Å². The maximum atomic E-state index is 14.3. The molecule has 1 amide bonds. The second-order valence-electron chi connectivity index (χ2n) is 7.70. The van der Waals surface area contributed by atoms with Crippen LogP contribution in [0.5, 0.6) is 0 Å². The first-order valence-electron chi connectivity index (χ1n) is 10.6. The summed E-state index contributed by atoms with van der Waals surface area (Å²) in [5, 5.41) is 3.78. The van der Waals surface area contributed by atoms with Crippen LogP contribution in [0.15, 0.2) is 72.1 Å². The molecule has 0 bridgehead atoms. The van der Waals surface area contributed by atoms with Crippen molar-refractivity contribution < 1.29 is 9.18 Å². The summed E-state index contributed by atoms with van der Waals surface area (Å²) in [7, 11) is 0. The van der Waals surface area contributed by atoms with E-state index >= 15 is 0 Å². The highest BCUT2D eigenvalue weighted by Gasteiger charge is 2.14. The monoisotopic (exact) mass is 448 g/mol. The van der Waals surface area contributed by atoms with E-state index in [1.807, 2.05) is 54.8 Å². The number of fused-ring (bicyclic) bond motifs is 1. The lowest BCUT2D eigenvalue weighted by Gasteiger charge is -2.12. The third-order valence-electron chi connectivity index (χ3n) is 5.38. The van der Waals surface area contributed by atoms with Crippen LogP contribution in [0.1, 0.15) is 41.8 Å². The number of aromatic nitrogens is 3. The molecule has 7 heteroatoms. The van der Waals surface area contributed by atoms with Gasteiger partial charge in [-0.2, -0.15) is 0 Å². The molecule has 164 valence electrons. The first kappa shape index (κ1) is 22.0. The lowest BCUT2D eigenvalue weighted by Crippen LogP contribution is -2.31. The zero-order chi connectivity index (χ0) is 22.5. The summed E-state index contributed by atoms with van der Waals surface area (Å²) < 4.78 is 16.3. The summed E-state index contributed by atoms with van der Waals surface area (Å²) in [6.07, 6.45) is 4.36. The van der Waals surface area contributed by atoms with Crippen molar-refractivity contribution in [2.75, 3.05) is 0 Å². The molecule has 0 radical (unpaired) electrons. The minimum Gasteiger partial charge on any atom is -0.350 e. The van der Waals surface area contributed by atoms with Crippen molar-refractivity contribution in [2.45, 2.75) is 43.8 Å². The van der Waals surface area contributed by atoms with Crippen LogP contribution in [0.25, 0.3) is 11.0 Å². The van der Waals surface area contributed by atoms with E-state index in [4.69, 9.17) is 4.98 Å². The fourth-order valence-corrected chi connectivity index (χ4v) is 4.29. The number of halogens is 1. The summed E-state index contributed by atoms with van der Waals surface area (Å²) >= 11 is 1.58. The molecule has 0 spiro atoms. The molecule has 2 aromatic heterocycles. The molecule has 1 N–H and O–H groups in total. The molecular formula is C25H25FN4OS. The lowest BCUT2D eigenvalue weighted by atomic mass is 10.1. The van der Waals surface area contributed by atoms with E-state index in [1.165, 1.54) is 6.07 Å². The number of pyridine rings is 1. The zero-order valence-corrected chi connectivity index (χ0v) is 18.9. The number of carbonyl (C=O) groups excluding carboxylic acids is 1. The normalized spacial score (nSPS) is 12.1. The molecule has 4 rings (SSSR count). The number of carbonyl (C=O) groups is 1. The molecule has 0 saturated carbocycles. The number of thioether (sulfide) groups is 1. The predicted octanol–water partition coefficient (Wildman–Crippen LogP) is 5.44. The Labute approximate surface area is 191 Å². The standard InChI is InChI=1S/C25H25FN4OS/c1-3-17(2)28-24(31)19-10-8-18(9-11-19)16-32-25-29-22-12-13-27-14-23(22)30(25)15-20-6-4-5-7-21(20)26/h4-14,17H,3,15-16H2,1-2H3,(H,28,31)/t17-/m0/s1. The summed E-state index contributed by atoms with van der Waals surface area (Å²) in [6, 6.07) is 16.4. The fourth-order valence-electron chi connectivity index (χ4n) is 3.32. The molecule has 0 aliphatic heterocycles. The SMILES string of the molecule is CC[C@H](C)NC(=O)c1ccc(CSc2nc3ccncc3n2Cc2ccccc2F)cc1. The smallest absolute Gasteiger partial charge is 0.251 e. The van der Waals surface area contributed by atoms with Crippen molar-refractivity contribution >= 4 is 28.7 Å². The first-order chi connectivity index (χ1) is 15.5. The topological polar surface area (TPSA) is 59.8 Å². The van der Waals surface area contributed by atoms with Crippen molar-refractivity contribution in [3.8, 4) is 0 Å². The van der Waals surface area contributed by atoms with Gasteiger partial charge in [0.2, 0.25) is 0 Å². The molecule has 5 nitrogen and oxygen atoms in total. The Morgan fingerprint density at radius 2 is 1.94 bits per heavy atom. The molecule has 0 unspecified atom stereocenters.